The Kier molecular flexibility index (Phi) is 5.37. The van der Waals surface area contributed by atoms with E-state index in [1.807, 2.05) is 13.8 Å². The van der Waals surface area contributed by atoms with Crippen LogP contribution in [-0.2, 0) is 22.7 Å². The van der Waals surface area contributed by atoms with Gasteiger partial charge in [0.2, 0.25) is 0 Å². The monoisotopic (exact) mass is 208 g/mol. The van der Waals surface area contributed by atoms with Crippen molar-refractivity contribution in [3.8, 4) is 0 Å². The van der Waals surface area contributed by atoms with E-state index in [4.69, 9.17) is 9.47 Å². The lowest BCUT2D eigenvalue weighted by molar-refractivity contribution is 0.129. The Hall–Kier alpha value is -0.860. The van der Waals surface area contributed by atoms with E-state index in [0.29, 0.717) is 13.2 Å². The first-order valence-electron chi connectivity index (χ1n) is 5.52. The van der Waals surface area contributed by atoms with Crippen LogP contribution in [0.4, 0.5) is 0 Å². The van der Waals surface area contributed by atoms with Gasteiger partial charge in [-0.25, -0.2) is 0 Å². The maximum Gasteiger partial charge on any atom is 0.0719 e. The normalized spacial score (nSPS) is 10.6. The molecule has 0 saturated heterocycles. The number of rotatable bonds is 6. The summed E-state index contributed by atoms with van der Waals surface area (Å²) in [4.78, 5) is 0. The van der Waals surface area contributed by atoms with Crippen molar-refractivity contribution < 1.29 is 9.47 Å². The second-order valence-electron chi connectivity index (χ2n) is 3.48. The Labute approximate surface area is 92.2 Å². The average Bonchev–Trinajstić information content (AvgIpc) is 2.26. The fourth-order valence-electron chi connectivity index (χ4n) is 1.47. The van der Waals surface area contributed by atoms with Crippen LogP contribution in [0.5, 0.6) is 0 Å². The van der Waals surface area contributed by atoms with Gasteiger partial charge >= 0.3 is 0 Å². The summed E-state index contributed by atoms with van der Waals surface area (Å²) in [5.41, 5.74) is 3.81. The smallest absolute Gasteiger partial charge is 0.0719 e. The maximum atomic E-state index is 5.42. The van der Waals surface area contributed by atoms with E-state index in [-0.39, 0.29) is 0 Å². The molecule has 0 amide bonds. The van der Waals surface area contributed by atoms with Crippen molar-refractivity contribution in [2.24, 2.45) is 0 Å². The number of ether oxygens (including phenoxy) is 2. The molecule has 0 aliphatic heterocycles. The highest BCUT2D eigenvalue weighted by atomic mass is 16.5. The molecule has 2 heteroatoms. The van der Waals surface area contributed by atoms with Gasteiger partial charge in [0.25, 0.3) is 0 Å². The second kappa shape index (κ2) is 6.59. The molecule has 0 radical (unpaired) electrons. The molecule has 0 aliphatic carbocycles. The third kappa shape index (κ3) is 3.65. The highest BCUT2D eigenvalue weighted by Crippen LogP contribution is 2.15. The summed E-state index contributed by atoms with van der Waals surface area (Å²) in [5, 5.41) is 0. The molecule has 0 aromatic heterocycles. The van der Waals surface area contributed by atoms with Gasteiger partial charge in [0, 0.05) is 13.2 Å². The van der Waals surface area contributed by atoms with Crippen molar-refractivity contribution >= 4 is 0 Å². The molecule has 1 aromatic carbocycles. The molecule has 0 saturated carbocycles. The van der Waals surface area contributed by atoms with Gasteiger partial charge in [-0.3, -0.25) is 0 Å². The molecule has 0 unspecified atom stereocenters. The minimum absolute atomic E-state index is 0.697. The van der Waals surface area contributed by atoms with Crippen molar-refractivity contribution in [3.05, 3.63) is 34.9 Å². The molecule has 15 heavy (non-hydrogen) atoms. The predicted molar refractivity (Wildman–Crippen MR) is 61.8 cm³/mol. The minimum Gasteiger partial charge on any atom is -0.377 e. The van der Waals surface area contributed by atoms with E-state index in [0.717, 1.165) is 13.2 Å². The zero-order chi connectivity index (χ0) is 11.1. The van der Waals surface area contributed by atoms with Crippen LogP contribution in [0.25, 0.3) is 0 Å². The Morgan fingerprint density at radius 3 is 1.80 bits per heavy atom. The lowest BCUT2D eigenvalue weighted by atomic mass is 10.0. The molecule has 0 atom stereocenters. The van der Waals surface area contributed by atoms with Crippen LogP contribution >= 0.6 is 0 Å². The van der Waals surface area contributed by atoms with Crippen LogP contribution < -0.4 is 0 Å². The van der Waals surface area contributed by atoms with Gasteiger partial charge < -0.3 is 9.47 Å². The number of hydrogen-bond acceptors (Lipinski definition) is 2. The molecule has 0 fully saturated rings. The zero-order valence-electron chi connectivity index (χ0n) is 9.88. The van der Waals surface area contributed by atoms with Crippen LogP contribution in [0.2, 0.25) is 0 Å². The lowest BCUT2D eigenvalue weighted by Crippen LogP contribution is -2.00. The number of benzene rings is 1. The minimum atomic E-state index is 0.697. The Morgan fingerprint density at radius 1 is 0.933 bits per heavy atom. The molecule has 0 N–H and O–H groups in total. The zero-order valence-corrected chi connectivity index (χ0v) is 9.88. The van der Waals surface area contributed by atoms with Crippen LogP contribution in [0.15, 0.2) is 18.2 Å². The Morgan fingerprint density at radius 2 is 1.40 bits per heavy atom. The first kappa shape index (κ1) is 12.2. The summed E-state index contributed by atoms with van der Waals surface area (Å²) in [6, 6.07) is 6.29. The fraction of sp³-hybridized carbons (Fsp3) is 0.538. The Balaban J connectivity index is 2.71. The molecular formula is C13H20O2. The van der Waals surface area contributed by atoms with E-state index >= 15 is 0 Å². The van der Waals surface area contributed by atoms with Gasteiger partial charge in [0.05, 0.1) is 13.2 Å². The van der Waals surface area contributed by atoms with Crippen molar-refractivity contribution in [1.82, 2.24) is 0 Å². The van der Waals surface area contributed by atoms with Crippen LogP contribution in [0, 0.1) is 6.92 Å². The number of hydrogen-bond donors (Lipinski definition) is 0. The van der Waals surface area contributed by atoms with Gasteiger partial charge in [-0.1, -0.05) is 18.2 Å². The van der Waals surface area contributed by atoms with E-state index in [1.54, 1.807) is 0 Å². The van der Waals surface area contributed by atoms with Gasteiger partial charge in [-0.05, 0) is 37.5 Å². The average molecular weight is 208 g/mol. The molecule has 0 aliphatic rings. The van der Waals surface area contributed by atoms with Crippen LogP contribution in [-0.4, -0.2) is 13.2 Å². The molecule has 0 heterocycles. The summed E-state index contributed by atoms with van der Waals surface area (Å²) in [5.74, 6) is 0. The highest BCUT2D eigenvalue weighted by Gasteiger charge is 2.03. The molecule has 0 bridgehead atoms. The summed E-state index contributed by atoms with van der Waals surface area (Å²) >= 11 is 0. The third-order valence-corrected chi connectivity index (χ3v) is 2.48. The molecule has 84 valence electrons. The van der Waals surface area contributed by atoms with Crippen LogP contribution in [0.3, 0.4) is 0 Å². The molecular weight excluding hydrogens is 188 g/mol. The first-order valence-corrected chi connectivity index (χ1v) is 5.52. The van der Waals surface area contributed by atoms with E-state index in [2.05, 4.69) is 25.1 Å². The van der Waals surface area contributed by atoms with E-state index in [9.17, 15) is 0 Å². The fourth-order valence-corrected chi connectivity index (χ4v) is 1.47. The summed E-state index contributed by atoms with van der Waals surface area (Å²) in [6.45, 7) is 9.07. The maximum absolute atomic E-state index is 5.42. The van der Waals surface area contributed by atoms with Gasteiger partial charge in [-0.15, -0.1) is 0 Å². The summed E-state index contributed by atoms with van der Waals surface area (Å²) < 4.78 is 10.8. The second-order valence-corrected chi connectivity index (χ2v) is 3.48. The van der Waals surface area contributed by atoms with Gasteiger partial charge in [0.1, 0.15) is 0 Å². The van der Waals surface area contributed by atoms with Crippen LogP contribution in [0.1, 0.15) is 30.5 Å². The molecule has 2 nitrogen and oxygen atoms in total. The van der Waals surface area contributed by atoms with E-state index < -0.39 is 0 Å². The third-order valence-electron chi connectivity index (χ3n) is 2.48. The largest absolute Gasteiger partial charge is 0.377 e. The van der Waals surface area contributed by atoms with Gasteiger partial charge in [-0.2, -0.15) is 0 Å². The predicted octanol–water partition coefficient (Wildman–Crippen LogP) is 3.07. The van der Waals surface area contributed by atoms with Gasteiger partial charge in [0.15, 0.2) is 0 Å². The summed E-state index contributed by atoms with van der Waals surface area (Å²) in [6.07, 6.45) is 0. The molecule has 0 spiro atoms. The molecule has 1 aromatic rings. The highest BCUT2D eigenvalue weighted by molar-refractivity contribution is 5.33. The molecule has 1 rings (SSSR count). The standard InChI is InChI=1S/C13H20O2/c1-4-14-9-12-7-6-8-13(11(12)3)10-15-5-2/h6-8H,4-5,9-10H2,1-3H3. The van der Waals surface area contributed by atoms with E-state index in [1.165, 1.54) is 16.7 Å². The first-order chi connectivity index (χ1) is 7.29. The van der Waals surface area contributed by atoms with Crippen molar-refractivity contribution in [2.45, 2.75) is 34.0 Å². The topological polar surface area (TPSA) is 18.5 Å². The van der Waals surface area contributed by atoms with Crippen molar-refractivity contribution in [2.75, 3.05) is 13.2 Å². The lowest BCUT2D eigenvalue weighted by Gasteiger charge is -2.11. The van der Waals surface area contributed by atoms with Crippen molar-refractivity contribution in [1.29, 1.82) is 0 Å². The Bertz CT molecular complexity index is 268. The summed E-state index contributed by atoms with van der Waals surface area (Å²) in [7, 11) is 0. The SMILES string of the molecule is CCOCc1cccc(COCC)c1C. The van der Waals surface area contributed by atoms with Crippen molar-refractivity contribution in [3.63, 3.8) is 0 Å². The quantitative estimate of drug-likeness (QED) is 0.715.